The standard InChI is InChI=1S/C15H17N3/c1-10-13-7-2-3-8-14(13)18-15(17-10)11-5-4-6-12(16)9-11/h4-6,9H,2-3,7-8,16H2,1H3. The van der Waals surface area contributed by atoms with Gasteiger partial charge in [0.05, 0.1) is 0 Å². The first kappa shape index (κ1) is 11.2. The molecule has 0 saturated carbocycles. The van der Waals surface area contributed by atoms with Crippen molar-refractivity contribution < 1.29 is 0 Å². The molecule has 1 aromatic carbocycles. The van der Waals surface area contributed by atoms with E-state index in [0.29, 0.717) is 0 Å². The third-order valence-corrected chi connectivity index (χ3v) is 3.53. The van der Waals surface area contributed by atoms with Crippen LogP contribution in [0, 0.1) is 6.92 Å². The molecule has 3 nitrogen and oxygen atoms in total. The summed E-state index contributed by atoms with van der Waals surface area (Å²) in [5.74, 6) is 0.806. The number of nitrogens with zero attached hydrogens (tertiary/aromatic N) is 2. The lowest BCUT2D eigenvalue weighted by atomic mass is 9.95. The maximum atomic E-state index is 5.82. The third-order valence-electron chi connectivity index (χ3n) is 3.53. The van der Waals surface area contributed by atoms with Crippen molar-refractivity contribution in [3.05, 3.63) is 41.2 Å². The fourth-order valence-corrected chi connectivity index (χ4v) is 2.59. The van der Waals surface area contributed by atoms with Gasteiger partial charge in [0.2, 0.25) is 0 Å². The van der Waals surface area contributed by atoms with Gasteiger partial charge >= 0.3 is 0 Å². The minimum Gasteiger partial charge on any atom is -0.399 e. The van der Waals surface area contributed by atoms with Crippen LogP contribution in [0.25, 0.3) is 11.4 Å². The second kappa shape index (κ2) is 4.41. The number of hydrogen-bond acceptors (Lipinski definition) is 3. The summed E-state index contributed by atoms with van der Waals surface area (Å²) < 4.78 is 0. The zero-order chi connectivity index (χ0) is 12.5. The normalized spacial score (nSPS) is 14.3. The summed E-state index contributed by atoms with van der Waals surface area (Å²) in [4.78, 5) is 9.35. The van der Waals surface area contributed by atoms with E-state index in [9.17, 15) is 0 Å². The van der Waals surface area contributed by atoms with E-state index in [1.165, 1.54) is 24.1 Å². The number of aromatic nitrogens is 2. The molecule has 0 aliphatic heterocycles. The van der Waals surface area contributed by atoms with Gasteiger partial charge in [0, 0.05) is 22.6 Å². The van der Waals surface area contributed by atoms with Crippen LogP contribution in [0.4, 0.5) is 5.69 Å². The highest BCUT2D eigenvalue weighted by molar-refractivity contribution is 5.61. The van der Waals surface area contributed by atoms with Crippen molar-refractivity contribution in [3.8, 4) is 11.4 Å². The number of rotatable bonds is 1. The molecule has 92 valence electrons. The lowest BCUT2D eigenvalue weighted by Crippen LogP contribution is -2.10. The predicted molar refractivity (Wildman–Crippen MR) is 73.3 cm³/mol. The minimum atomic E-state index is 0.756. The molecule has 1 aliphatic rings. The van der Waals surface area contributed by atoms with Crippen molar-refractivity contribution in [1.29, 1.82) is 0 Å². The molecule has 0 saturated heterocycles. The second-order valence-corrected chi connectivity index (χ2v) is 4.89. The van der Waals surface area contributed by atoms with Crippen LogP contribution in [-0.2, 0) is 12.8 Å². The summed E-state index contributed by atoms with van der Waals surface area (Å²) in [6.45, 7) is 2.08. The molecular weight excluding hydrogens is 222 g/mol. The Balaban J connectivity index is 2.11. The van der Waals surface area contributed by atoms with Crippen molar-refractivity contribution in [2.45, 2.75) is 32.6 Å². The molecule has 3 rings (SSSR count). The fraction of sp³-hybridized carbons (Fsp3) is 0.333. The molecule has 3 heteroatoms. The first-order valence-corrected chi connectivity index (χ1v) is 6.46. The summed E-state index contributed by atoms with van der Waals surface area (Å²) in [5.41, 5.74) is 11.3. The van der Waals surface area contributed by atoms with Crippen LogP contribution < -0.4 is 5.73 Å². The van der Waals surface area contributed by atoms with Gasteiger partial charge in [-0.3, -0.25) is 0 Å². The van der Waals surface area contributed by atoms with Crippen LogP contribution in [0.2, 0.25) is 0 Å². The molecule has 1 heterocycles. The predicted octanol–water partition coefficient (Wildman–Crippen LogP) is 2.91. The number of aryl methyl sites for hydroxylation is 2. The van der Waals surface area contributed by atoms with Gasteiger partial charge in [0.1, 0.15) is 0 Å². The van der Waals surface area contributed by atoms with Gasteiger partial charge in [-0.2, -0.15) is 0 Å². The Hall–Kier alpha value is -1.90. The molecule has 1 aromatic heterocycles. The molecule has 0 bridgehead atoms. The van der Waals surface area contributed by atoms with Crippen molar-refractivity contribution in [1.82, 2.24) is 9.97 Å². The Bertz CT molecular complexity index is 590. The van der Waals surface area contributed by atoms with Crippen LogP contribution in [0.1, 0.15) is 29.8 Å². The number of hydrogen-bond donors (Lipinski definition) is 1. The van der Waals surface area contributed by atoms with Crippen LogP contribution in [0.3, 0.4) is 0 Å². The Morgan fingerprint density at radius 3 is 2.78 bits per heavy atom. The van der Waals surface area contributed by atoms with Crippen molar-refractivity contribution >= 4 is 5.69 Å². The van der Waals surface area contributed by atoms with E-state index >= 15 is 0 Å². The van der Waals surface area contributed by atoms with Crippen LogP contribution in [-0.4, -0.2) is 9.97 Å². The topological polar surface area (TPSA) is 51.8 Å². The summed E-state index contributed by atoms with van der Waals surface area (Å²) in [6.07, 6.45) is 4.70. The molecule has 0 unspecified atom stereocenters. The highest BCUT2D eigenvalue weighted by atomic mass is 14.9. The Labute approximate surface area is 107 Å². The molecule has 2 N–H and O–H groups in total. The van der Waals surface area contributed by atoms with Gasteiger partial charge in [0.25, 0.3) is 0 Å². The summed E-state index contributed by atoms with van der Waals surface area (Å²) >= 11 is 0. The number of nitrogen functional groups attached to an aromatic ring is 1. The molecule has 1 aliphatic carbocycles. The lowest BCUT2D eigenvalue weighted by molar-refractivity contribution is 0.658. The van der Waals surface area contributed by atoms with Gasteiger partial charge in [-0.15, -0.1) is 0 Å². The first-order chi connectivity index (χ1) is 8.74. The number of benzene rings is 1. The number of fused-ring (bicyclic) bond motifs is 1. The average Bonchev–Trinajstić information content (AvgIpc) is 2.39. The zero-order valence-electron chi connectivity index (χ0n) is 10.6. The van der Waals surface area contributed by atoms with E-state index < -0.39 is 0 Å². The SMILES string of the molecule is Cc1nc(-c2cccc(N)c2)nc2c1CCCC2. The molecule has 0 fully saturated rings. The monoisotopic (exact) mass is 239 g/mol. The number of nitrogens with two attached hydrogens (primary N) is 1. The van der Waals surface area contributed by atoms with Crippen LogP contribution >= 0.6 is 0 Å². The fourth-order valence-electron chi connectivity index (χ4n) is 2.59. The second-order valence-electron chi connectivity index (χ2n) is 4.89. The van der Waals surface area contributed by atoms with Crippen molar-refractivity contribution in [2.75, 3.05) is 5.73 Å². The Morgan fingerprint density at radius 2 is 1.94 bits per heavy atom. The summed E-state index contributed by atoms with van der Waals surface area (Å²) in [6, 6.07) is 7.78. The largest absolute Gasteiger partial charge is 0.399 e. The maximum absolute atomic E-state index is 5.82. The van der Waals surface area contributed by atoms with Gasteiger partial charge < -0.3 is 5.73 Å². The quantitative estimate of drug-likeness (QED) is 0.778. The van der Waals surface area contributed by atoms with Gasteiger partial charge in [-0.05, 0) is 50.3 Å². The van der Waals surface area contributed by atoms with Crippen molar-refractivity contribution in [3.63, 3.8) is 0 Å². The smallest absolute Gasteiger partial charge is 0.159 e. The summed E-state index contributed by atoms with van der Waals surface area (Å²) in [5, 5.41) is 0. The van der Waals surface area contributed by atoms with Crippen LogP contribution in [0.5, 0.6) is 0 Å². The molecule has 18 heavy (non-hydrogen) atoms. The van der Waals surface area contributed by atoms with E-state index in [1.807, 2.05) is 24.3 Å². The van der Waals surface area contributed by atoms with E-state index in [0.717, 1.165) is 35.6 Å². The van der Waals surface area contributed by atoms with Crippen LogP contribution in [0.15, 0.2) is 24.3 Å². The van der Waals surface area contributed by atoms with E-state index in [1.54, 1.807) is 0 Å². The Kier molecular flexibility index (Phi) is 2.74. The zero-order valence-corrected chi connectivity index (χ0v) is 10.6. The molecular formula is C15H17N3. The highest BCUT2D eigenvalue weighted by Gasteiger charge is 2.16. The molecule has 0 atom stereocenters. The maximum Gasteiger partial charge on any atom is 0.159 e. The van der Waals surface area contributed by atoms with Gasteiger partial charge in [-0.25, -0.2) is 9.97 Å². The highest BCUT2D eigenvalue weighted by Crippen LogP contribution is 2.25. The van der Waals surface area contributed by atoms with E-state index in [-0.39, 0.29) is 0 Å². The van der Waals surface area contributed by atoms with E-state index in [2.05, 4.69) is 11.9 Å². The first-order valence-electron chi connectivity index (χ1n) is 6.46. The van der Waals surface area contributed by atoms with E-state index in [4.69, 9.17) is 10.7 Å². The van der Waals surface area contributed by atoms with Crippen molar-refractivity contribution in [2.24, 2.45) is 0 Å². The number of anilines is 1. The summed E-state index contributed by atoms with van der Waals surface area (Å²) in [7, 11) is 0. The lowest BCUT2D eigenvalue weighted by Gasteiger charge is -2.17. The molecule has 0 radical (unpaired) electrons. The molecule has 2 aromatic rings. The molecule has 0 spiro atoms. The molecule has 0 amide bonds. The minimum absolute atomic E-state index is 0.756. The van der Waals surface area contributed by atoms with Gasteiger partial charge in [0.15, 0.2) is 5.82 Å². The third kappa shape index (κ3) is 1.96. The average molecular weight is 239 g/mol. The van der Waals surface area contributed by atoms with Gasteiger partial charge in [-0.1, -0.05) is 12.1 Å². The Morgan fingerprint density at radius 1 is 1.11 bits per heavy atom.